The van der Waals surface area contributed by atoms with Crippen LogP contribution in [0.1, 0.15) is 24.1 Å². The zero-order chi connectivity index (χ0) is 20.4. The van der Waals surface area contributed by atoms with Gasteiger partial charge in [-0.15, -0.1) is 0 Å². The van der Waals surface area contributed by atoms with Crippen LogP contribution in [0.25, 0.3) is 5.69 Å². The Morgan fingerprint density at radius 1 is 1.03 bits per heavy atom. The van der Waals surface area contributed by atoms with Crippen molar-refractivity contribution in [3.05, 3.63) is 86.7 Å². The van der Waals surface area contributed by atoms with Gasteiger partial charge in [-0.1, -0.05) is 48.5 Å². The van der Waals surface area contributed by atoms with Crippen molar-refractivity contribution in [2.24, 2.45) is 7.05 Å². The minimum absolute atomic E-state index is 0.0543. The summed E-state index contributed by atoms with van der Waals surface area (Å²) in [5.41, 5.74) is 2.42. The predicted molar refractivity (Wildman–Crippen MR) is 117 cm³/mol. The number of benzene rings is 2. The molecule has 1 aliphatic heterocycles. The third kappa shape index (κ3) is 3.57. The maximum Gasteiger partial charge on any atom is 0.286 e. The van der Waals surface area contributed by atoms with Crippen LogP contribution in [0.15, 0.2) is 69.9 Å². The number of halogens is 1. The second-order valence-corrected chi connectivity index (χ2v) is 8.37. The van der Waals surface area contributed by atoms with Crippen molar-refractivity contribution in [1.29, 1.82) is 5.26 Å². The second-order valence-electron chi connectivity index (χ2n) is 7.57. The first-order valence-electron chi connectivity index (χ1n) is 9.77. The van der Waals surface area contributed by atoms with Gasteiger partial charge in [0.25, 0.3) is 5.56 Å². The van der Waals surface area contributed by atoms with Crippen molar-refractivity contribution < 1.29 is 0 Å². The lowest BCUT2D eigenvalue weighted by molar-refractivity contribution is 0.175. The molecule has 0 atom stereocenters. The van der Waals surface area contributed by atoms with Crippen molar-refractivity contribution in [3.63, 3.8) is 0 Å². The van der Waals surface area contributed by atoms with Gasteiger partial charge in [-0.2, -0.15) is 5.26 Å². The van der Waals surface area contributed by atoms with Crippen LogP contribution in [-0.2, 0) is 19.0 Å². The smallest absolute Gasteiger partial charge is 0.286 e. The minimum Gasteiger partial charge on any atom is -0.297 e. The Bertz CT molecular complexity index is 1090. The van der Waals surface area contributed by atoms with Crippen molar-refractivity contribution in [1.82, 2.24) is 14.3 Å². The fourth-order valence-electron chi connectivity index (χ4n) is 4.17. The van der Waals surface area contributed by atoms with Crippen LogP contribution >= 0.6 is 15.9 Å². The Labute approximate surface area is 178 Å². The van der Waals surface area contributed by atoms with Gasteiger partial charge in [-0.25, -0.2) is 4.68 Å². The Kier molecular flexibility index (Phi) is 5.44. The molecule has 0 N–H and O–H groups in total. The van der Waals surface area contributed by atoms with E-state index in [4.69, 9.17) is 0 Å². The van der Waals surface area contributed by atoms with E-state index in [-0.39, 0.29) is 5.56 Å². The molecule has 2 aromatic carbocycles. The van der Waals surface area contributed by atoms with Gasteiger partial charge < -0.3 is 0 Å². The Morgan fingerprint density at radius 3 is 2.21 bits per heavy atom. The SMILES string of the molecule is Cn1c(CN2CCC(C#N)(c3ccccc3)CC2)c(Br)c(=O)n1-c1ccccc1. The van der Waals surface area contributed by atoms with E-state index >= 15 is 0 Å². The van der Waals surface area contributed by atoms with Crippen LogP contribution in [0.4, 0.5) is 0 Å². The number of rotatable bonds is 4. The van der Waals surface area contributed by atoms with Crippen LogP contribution in [0.2, 0.25) is 0 Å². The largest absolute Gasteiger partial charge is 0.297 e. The van der Waals surface area contributed by atoms with Crippen LogP contribution in [0.3, 0.4) is 0 Å². The first-order chi connectivity index (χ1) is 14.1. The summed E-state index contributed by atoms with van der Waals surface area (Å²) in [5.74, 6) is 0. The summed E-state index contributed by atoms with van der Waals surface area (Å²) in [7, 11) is 1.92. The van der Waals surface area contributed by atoms with Crippen molar-refractivity contribution in [3.8, 4) is 11.8 Å². The molecule has 0 unspecified atom stereocenters. The number of nitriles is 1. The zero-order valence-electron chi connectivity index (χ0n) is 16.4. The fraction of sp³-hybridized carbons (Fsp3) is 0.304. The molecular weight excluding hydrogens is 428 g/mol. The van der Waals surface area contributed by atoms with Crippen LogP contribution in [-0.4, -0.2) is 27.4 Å². The lowest BCUT2D eigenvalue weighted by Gasteiger charge is -2.37. The van der Waals surface area contributed by atoms with E-state index in [9.17, 15) is 10.1 Å². The highest BCUT2D eigenvalue weighted by Gasteiger charge is 2.36. The molecule has 1 aliphatic rings. The first-order valence-corrected chi connectivity index (χ1v) is 10.6. The number of nitrogens with zero attached hydrogens (tertiary/aromatic N) is 4. The molecule has 0 bridgehead atoms. The number of aromatic nitrogens is 2. The maximum absolute atomic E-state index is 12.8. The molecule has 0 spiro atoms. The van der Waals surface area contributed by atoms with E-state index in [1.54, 1.807) is 4.68 Å². The summed E-state index contributed by atoms with van der Waals surface area (Å²) in [5, 5.41) is 9.90. The highest BCUT2D eigenvalue weighted by atomic mass is 79.9. The van der Waals surface area contributed by atoms with E-state index in [2.05, 4.69) is 39.0 Å². The molecule has 1 aromatic heterocycles. The van der Waals surface area contributed by atoms with Crippen molar-refractivity contribution in [2.45, 2.75) is 24.8 Å². The molecular formula is C23H23BrN4O. The standard InChI is InChI=1S/C23H23BrN4O/c1-26-20(21(24)22(29)28(26)19-10-6-3-7-11-19)16-27-14-12-23(17-25,13-15-27)18-8-4-2-5-9-18/h2-11H,12-16H2,1H3. The van der Waals surface area contributed by atoms with Crippen molar-refractivity contribution in [2.75, 3.05) is 13.1 Å². The molecule has 2 heterocycles. The van der Waals surface area contributed by atoms with Crippen LogP contribution in [0, 0.1) is 11.3 Å². The predicted octanol–water partition coefficient (Wildman–Crippen LogP) is 4.00. The third-order valence-corrected chi connectivity index (χ3v) is 6.75. The summed E-state index contributed by atoms with van der Waals surface area (Å²) in [6, 6.07) is 22.3. The summed E-state index contributed by atoms with van der Waals surface area (Å²) < 4.78 is 4.21. The van der Waals surface area contributed by atoms with Gasteiger partial charge in [0.15, 0.2) is 0 Å². The summed E-state index contributed by atoms with van der Waals surface area (Å²) in [6.07, 6.45) is 1.58. The van der Waals surface area contributed by atoms with Crippen LogP contribution < -0.4 is 5.56 Å². The summed E-state index contributed by atoms with van der Waals surface area (Å²) in [6.45, 7) is 2.31. The number of para-hydroxylation sites is 1. The third-order valence-electron chi connectivity index (χ3n) is 5.95. The molecule has 0 aliphatic carbocycles. The maximum atomic E-state index is 12.8. The minimum atomic E-state index is -0.420. The summed E-state index contributed by atoms with van der Waals surface area (Å²) >= 11 is 3.52. The van der Waals surface area contributed by atoms with Crippen molar-refractivity contribution >= 4 is 15.9 Å². The number of hydrogen-bond donors (Lipinski definition) is 0. The van der Waals surface area contributed by atoms with Gasteiger partial charge in [0.05, 0.1) is 22.9 Å². The molecule has 29 heavy (non-hydrogen) atoms. The first kappa shape index (κ1) is 19.7. The normalized spacial score (nSPS) is 16.4. The molecule has 0 amide bonds. The highest BCUT2D eigenvalue weighted by Crippen LogP contribution is 2.35. The van der Waals surface area contributed by atoms with Gasteiger partial charge in [0.2, 0.25) is 0 Å². The molecule has 6 heteroatoms. The Balaban J connectivity index is 1.55. The van der Waals surface area contributed by atoms with E-state index < -0.39 is 5.41 Å². The monoisotopic (exact) mass is 450 g/mol. The van der Waals surface area contributed by atoms with E-state index in [1.807, 2.05) is 60.3 Å². The number of likely N-dealkylation sites (tertiary alicyclic amines) is 1. The van der Waals surface area contributed by atoms with Gasteiger partial charge in [-0.3, -0.25) is 14.4 Å². The van der Waals surface area contributed by atoms with E-state index in [0.29, 0.717) is 11.0 Å². The van der Waals surface area contributed by atoms with Gasteiger partial charge in [0, 0.05) is 26.7 Å². The summed E-state index contributed by atoms with van der Waals surface area (Å²) in [4.78, 5) is 15.1. The van der Waals surface area contributed by atoms with Crippen LogP contribution in [0.5, 0.6) is 0 Å². The molecule has 0 radical (unpaired) electrons. The fourth-order valence-corrected chi connectivity index (χ4v) is 4.72. The van der Waals surface area contributed by atoms with Gasteiger partial charge in [0.1, 0.15) is 4.47 Å². The number of piperidine rings is 1. The zero-order valence-corrected chi connectivity index (χ0v) is 18.0. The topological polar surface area (TPSA) is 54.0 Å². The molecule has 1 fully saturated rings. The van der Waals surface area contributed by atoms with Gasteiger partial charge in [-0.05, 0) is 46.5 Å². The average Bonchev–Trinajstić information content (AvgIpc) is 2.99. The molecule has 3 aromatic rings. The van der Waals surface area contributed by atoms with E-state index in [1.165, 1.54) is 0 Å². The molecule has 0 saturated carbocycles. The van der Waals surface area contributed by atoms with Gasteiger partial charge >= 0.3 is 0 Å². The lowest BCUT2D eigenvalue weighted by Crippen LogP contribution is -2.41. The highest BCUT2D eigenvalue weighted by molar-refractivity contribution is 9.10. The molecule has 5 nitrogen and oxygen atoms in total. The Morgan fingerprint density at radius 2 is 1.62 bits per heavy atom. The second kappa shape index (κ2) is 8.02. The average molecular weight is 451 g/mol. The molecule has 1 saturated heterocycles. The quantitative estimate of drug-likeness (QED) is 0.603. The molecule has 148 valence electrons. The molecule has 4 rings (SSSR count). The number of hydrogen-bond acceptors (Lipinski definition) is 3. The lowest BCUT2D eigenvalue weighted by atomic mass is 9.74. The van der Waals surface area contributed by atoms with E-state index in [0.717, 1.165) is 42.9 Å². The Hall–Kier alpha value is -2.62.